The number of ether oxygens (including phenoxy) is 1. The van der Waals surface area contributed by atoms with Crippen LogP contribution >= 0.6 is 0 Å². The average molecular weight is 200 g/mol. The molecule has 82 valence electrons. The lowest BCUT2D eigenvalue weighted by molar-refractivity contribution is -0.130. The van der Waals surface area contributed by atoms with Gasteiger partial charge in [0.2, 0.25) is 5.91 Å². The molecule has 0 saturated carbocycles. The van der Waals surface area contributed by atoms with Gasteiger partial charge in [0.15, 0.2) is 0 Å². The summed E-state index contributed by atoms with van der Waals surface area (Å²) in [6, 6.07) is 0.0667. The van der Waals surface area contributed by atoms with Gasteiger partial charge in [-0.3, -0.25) is 4.79 Å². The van der Waals surface area contributed by atoms with E-state index < -0.39 is 0 Å². The van der Waals surface area contributed by atoms with Crippen molar-refractivity contribution in [1.82, 2.24) is 4.90 Å². The number of nitrogens with two attached hydrogens (primary N) is 1. The molecule has 0 aromatic carbocycles. The first-order chi connectivity index (χ1) is 6.61. The molecular formula is C10H20N2O2. The molecule has 4 nitrogen and oxygen atoms in total. The minimum absolute atomic E-state index is 0.0667. The summed E-state index contributed by atoms with van der Waals surface area (Å²) in [5.41, 5.74) is 5.93. The molecule has 14 heavy (non-hydrogen) atoms. The zero-order valence-electron chi connectivity index (χ0n) is 9.03. The van der Waals surface area contributed by atoms with Gasteiger partial charge in [-0.15, -0.1) is 0 Å². The molecule has 1 fully saturated rings. The van der Waals surface area contributed by atoms with Gasteiger partial charge in [0.05, 0.1) is 19.6 Å². The molecule has 1 amide bonds. The van der Waals surface area contributed by atoms with Crippen LogP contribution in [0.2, 0.25) is 0 Å². The topological polar surface area (TPSA) is 55.6 Å². The van der Waals surface area contributed by atoms with E-state index in [0.29, 0.717) is 38.6 Å². The van der Waals surface area contributed by atoms with Crippen molar-refractivity contribution in [3.63, 3.8) is 0 Å². The second-order valence-corrected chi connectivity index (χ2v) is 4.11. The molecule has 1 unspecified atom stereocenters. The Morgan fingerprint density at radius 3 is 2.86 bits per heavy atom. The maximum absolute atomic E-state index is 11.6. The first-order valence-corrected chi connectivity index (χ1v) is 5.22. The summed E-state index contributed by atoms with van der Waals surface area (Å²) in [4.78, 5) is 13.4. The Kier molecular flexibility index (Phi) is 4.35. The lowest BCUT2D eigenvalue weighted by Gasteiger charge is -2.25. The maximum atomic E-state index is 11.6. The molecule has 1 saturated heterocycles. The summed E-state index contributed by atoms with van der Waals surface area (Å²) in [6.07, 6.45) is 0.491. The van der Waals surface area contributed by atoms with Gasteiger partial charge >= 0.3 is 0 Å². The van der Waals surface area contributed by atoms with E-state index in [-0.39, 0.29) is 11.9 Å². The second-order valence-electron chi connectivity index (χ2n) is 4.11. The van der Waals surface area contributed by atoms with Crippen molar-refractivity contribution in [2.75, 3.05) is 26.3 Å². The fourth-order valence-electron chi connectivity index (χ4n) is 1.38. The van der Waals surface area contributed by atoms with E-state index in [4.69, 9.17) is 10.5 Å². The van der Waals surface area contributed by atoms with Crippen LogP contribution in [0.3, 0.4) is 0 Å². The standard InChI is InChI=1S/C10H20N2O2/c1-8(2)9(11)7-12-4-6-14-5-3-10(12)13/h8-9H,3-7,11H2,1-2H3. The molecule has 4 heteroatoms. The van der Waals surface area contributed by atoms with Crippen molar-refractivity contribution >= 4 is 5.91 Å². The van der Waals surface area contributed by atoms with Crippen LogP contribution in [0.1, 0.15) is 20.3 Å². The Balaban J connectivity index is 2.44. The number of hydrogen-bond donors (Lipinski definition) is 1. The first kappa shape index (κ1) is 11.5. The molecule has 1 heterocycles. The third-order valence-corrected chi connectivity index (χ3v) is 2.61. The molecular weight excluding hydrogens is 180 g/mol. The van der Waals surface area contributed by atoms with Crippen molar-refractivity contribution in [2.45, 2.75) is 26.3 Å². The molecule has 0 aromatic heterocycles. The number of nitrogens with zero attached hydrogens (tertiary/aromatic N) is 1. The Morgan fingerprint density at radius 2 is 2.21 bits per heavy atom. The highest BCUT2D eigenvalue weighted by Crippen LogP contribution is 2.05. The maximum Gasteiger partial charge on any atom is 0.225 e. The van der Waals surface area contributed by atoms with Crippen molar-refractivity contribution < 1.29 is 9.53 Å². The summed E-state index contributed by atoms with van der Waals surface area (Å²) in [7, 11) is 0. The molecule has 0 aliphatic carbocycles. The van der Waals surface area contributed by atoms with E-state index in [1.807, 2.05) is 4.90 Å². The monoisotopic (exact) mass is 200 g/mol. The summed E-state index contributed by atoms with van der Waals surface area (Å²) in [5, 5.41) is 0. The Hall–Kier alpha value is -0.610. The third-order valence-electron chi connectivity index (χ3n) is 2.61. The molecule has 1 atom stereocenters. The van der Waals surface area contributed by atoms with E-state index in [1.54, 1.807) is 0 Å². The van der Waals surface area contributed by atoms with Gasteiger partial charge in [0, 0.05) is 19.1 Å². The SMILES string of the molecule is CC(C)C(N)CN1CCOCCC1=O. The number of amides is 1. The van der Waals surface area contributed by atoms with Crippen LogP contribution < -0.4 is 5.73 Å². The number of carbonyl (C=O) groups excluding carboxylic acids is 1. The largest absolute Gasteiger partial charge is 0.379 e. The zero-order valence-corrected chi connectivity index (χ0v) is 9.03. The third kappa shape index (κ3) is 3.27. The molecule has 0 bridgehead atoms. The number of hydrogen-bond acceptors (Lipinski definition) is 3. The highest BCUT2D eigenvalue weighted by molar-refractivity contribution is 5.76. The van der Waals surface area contributed by atoms with Crippen molar-refractivity contribution in [1.29, 1.82) is 0 Å². The highest BCUT2D eigenvalue weighted by Gasteiger charge is 2.20. The molecule has 1 rings (SSSR count). The van der Waals surface area contributed by atoms with Gasteiger partial charge in [-0.2, -0.15) is 0 Å². The van der Waals surface area contributed by atoms with Gasteiger partial charge in [0.25, 0.3) is 0 Å². The predicted molar refractivity (Wildman–Crippen MR) is 54.8 cm³/mol. The molecule has 0 spiro atoms. The number of rotatable bonds is 3. The van der Waals surface area contributed by atoms with E-state index >= 15 is 0 Å². The van der Waals surface area contributed by atoms with E-state index in [9.17, 15) is 4.79 Å². The van der Waals surface area contributed by atoms with E-state index in [2.05, 4.69) is 13.8 Å². The molecule has 0 radical (unpaired) electrons. The quantitative estimate of drug-likeness (QED) is 0.709. The van der Waals surface area contributed by atoms with E-state index in [0.717, 1.165) is 0 Å². The van der Waals surface area contributed by atoms with Crippen molar-refractivity contribution in [2.24, 2.45) is 11.7 Å². The highest BCUT2D eigenvalue weighted by atomic mass is 16.5. The zero-order chi connectivity index (χ0) is 10.6. The minimum Gasteiger partial charge on any atom is -0.379 e. The van der Waals surface area contributed by atoms with Crippen LogP contribution in [-0.4, -0.2) is 43.2 Å². The van der Waals surface area contributed by atoms with Crippen LogP contribution in [0.25, 0.3) is 0 Å². The smallest absolute Gasteiger partial charge is 0.225 e. The van der Waals surface area contributed by atoms with Gasteiger partial charge < -0.3 is 15.4 Å². The lowest BCUT2D eigenvalue weighted by atomic mass is 10.1. The Morgan fingerprint density at radius 1 is 1.50 bits per heavy atom. The summed E-state index contributed by atoms with van der Waals surface area (Å²) >= 11 is 0. The van der Waals surface area contributed by atoms with Crippen LogP contribution in [0.5, 0.6) is 0 Å². The summed E-state index contributed by atoms with van der Waals surface area (Å²) in [6.45, 7) is 6.66. The summed E-state index contributed by atoms with van der Waals surface area (Å²) < 4.78 is 5.23. The number of carbonyl (C=O) groups is 1. The fourth-order valence-corrected chi connectivity index (χ4v) is 1.38. The molecule has 1 aliphatic heterocycles. The average Bonchev–Trinajstić information content (AvgIpc) is 2.32. The van der Waals surface area contributed by atoms with Crippen LogP contribution in [0, 0.1) is 5.92 Å². The summed E-state index contributed by atoms with van der Waals surface area (Å²) in [5.74, 6) is 0.575. The van der Waals surface area contributed by atoms with Crippen molar-refractivity contribution in [3.05, 3.63) is 0 Å². The normalized spacial score (nSPS) is 21.1. The van der Waals surface area contributed by atoms with Gasteiger partial charge in [-0.25, -0.2) is 0 Å². The van der Waals surface area contributed by atoms with E-state index in [1.165, 1.54) is 0 Å². The first-order valence-electron chi connectivity index (χ1n) is 5.22. The van der Waals surface area contributed by atoms with Crippen LogP contribution in [-0.2, 0) is 9.53 Å². The fraction of sp³-hybridized carbons (Fsp3) is 0.900. The van der Waals surface area contributed by atoms with Gasteiger partial charge in [0.1, 0.15) is 0 Å². The Bertz CT molecular complexity index is 195. The van der Waals surface area contributed by atoms with Crippen molar-refractivity contribution in [3.8, 4) is 0 Å². The Labute approximate surface area is 85.4 Å². The molecule has 1 aliphatic rings. The van der Waals surface area contributed by atoms with Crippen LogP contribution in [0.4, 0.5) is 0 Å². The lowest BCUT2D eigenvalue weighted by Crippen LogP contribution is -2.44. The predicted octanol–water partition coefficient (Wildman–Crippen LogP) is 0.219. The van der Waals surface area contributed by atoms with Gasteiger partial charge in [-0.05, 0) is 5.92 Å². The molecule has 0 aromatic rings. The minimum atomic E-state index is 0.0667. The van der Waals surface area contributed by atoms with Gasteiger partial charge in [-0.1, -0.05) is 13.8 Å². The molecule has 2 N–H and O–H groups in total. The second kappa shape index (κ2) is 5.32. The van der Waals surface area contributed by atoms with Crippen LogP contribution in [0.15, 0.2) is 0 Å².